The summed E-state index contributed by atoms with van der Waals surface area (Å²) in [5.74, 6) is 0. The maximum atomic E-state index is 6.04. The van der Waals surface area contributed by atoms with E-state index in [9.17, 15) is 0 Å². The van der Waals surface area contributed by atoms with Crippen LogP contribution in [0.3, 0.4) is 0 Å². The lowest BCUT2D eigenvalue weighted by molar-refractivity contribution is 0.826. The van der Waals surface area contributed by atoms with Crippen LogP contribution in [0.5, 0.6) is 0 Å². The summed E-state index contributed by atoms with van der Waals surface area (Å²) >= 11 is 0. The molecule has 0 aliphatic rings. The Hall–Kier alpha value is -1.77. The third-order valence-electron chi connectivity index (χ3n) is 3.75. The summed E-state index contributed by atoms with van der Waals surface area (Å²) in [6, 6.07) is 14.9. The van der Waals surface area contributed by atoms with Gasteiger partial charge in [-0.3, -0.25) is 0 Å². The molecule has 104 valence electrons. The molecule has 1 atom stereocenters. The number of hydrogen-bond acceptors (Lipinski definition) is 1. The number of halogens is 1. The van der Waals surface area contributed by atoms with E-state index in [-0.39, 0.29) is 18.4 Å². The van der Waals surface area contributed by atoms with Gasteiger partial charge in [-0.1, -0.05) is 30.3 Å². The fourth-order valence-corrected chi connectivity index (χ4v) is 2.76. The summed E-state index contributed by atoms with van der Waals surface area (Å²) in [6.07, 6.45) is 1.78. The van der Waals surface area contributed by atoms with E-state index >= 15 is 0 Å². The molecule has 2 nitrogen and oxygen atoms in total. The van der Waals surface area contributed by atoms with Crippen LogP contribution in [-0.4, -0.2) is 4.57 Å². The van der Waals surface area contributed by atoms with Crippen LogP contribution in [-0.2, 0) is 6.54 Å². The molecule has 2 aromatic carbocycles. The average Bonchev–Trinajstić information content (AvgIpc) is 2.79. The molecule has 3 heteroatoms. The Balaban J connectivity index is 0.00000147. The largest absolute Gasteiger partial charge is 0.341 e. The Labute approximate surface area is 125 Å². The van der Waals surface area contributed by atoms with Gasteiger partial charge in [0.2, 0.25) is 0 Å². The molecule has 1 aromatic heterocycles. The number of aromatic nitrogens is 1. The molecule has 0 aliphatic heterocycles. The first-order chi connectivity index (χ1) is 9.26. The van der Waals surface area contributed by atoms with Gasteiger partial charge < -0.3 is 10.3 Å². The number of aryl methyl sites for hydroxylation is 1. The van der Waals surface area contributed by atoms with Crippen LogP contribution < -0.4 is 5.73 Å². The van der Waals surface area contributed by atoms with Crippen molar-refractivity contribution in [2.24, 2.45) is 5.73 Å². The molecule has 0 spiro atoms. The van der Waals surface area contributed by atoms with Crippen LogP contribution in [0.15, 0.2) is 55.1 Å². The minimum atomic E-state index is -0.104. The standard InChI is InChI=1S/C17H18N2.ClH/c1-3-15(18)12-9-10-17-14(11-12)13-7-5-6-8-16(13)19(17)4-2;/h3,5-11,15H,1,4,18H2,2H3;1H/t15-;/m0./s1. The quantitative estimate of drug-likeness (QED) is 0.710. The molecule has 0 aliphatic carbocycles. The number of para-hydroxylation sites is 1. The predicted octanol–water partition coefficient (Wildman–Crippen LogP) is 4.42. The van der Waals surface area contributed by atoms with Crippen molar-refractivity contribution in [3.8, 4) is 0 Å². The van der Waals surface area contributed by atoms with E-state index in [1.807, 2.05) is 0 Å². The van der Waals surface area contributed by atoms with Crippen LogP contribution >= 0.6 is 12.4 Å². The third-order valence-corrected chi connectivity index (χ3v) is 3.75. The lowest BCUT2D eigenvalue weighted by Gasteiger charge is -2.07. The zero-order valence-electron chi connectivity index (χ0n) is 11.5. The molecule has 3 rings (SSSR count). The first-order valence-corrected chi connectivity index (χ1v) is 6.65. The van der Waals surface area contributed by atoms with Crippen LogP contribution in [0, 0.1) is 0 Å². The number of rotatable bonds is 3. The molecule has 20 heavy (non-hydrogen) atoms. The van der Waals surface area contributed by atoms with E-state index in [0.29, 0.717) is 0 Å². The minimum absolute atomic E-state index is 0. The number of hydrogen-bond donors (Lipinski definition) is 1. The zero-order valence-corrected chi connectivity index (χ0v) is 12.4. The van der Waals surface area contributed by atoms with Crippen molar-refractivity contribution in [3.63, 3.8) is 0 Å². The number of fused-ring (bicyclic) bond motifs is 3. The van der Waals surface area contributed by atoms with E-state index in [4.69, 9.17) is 5.73 Å². The Kier molecular flexibility index (Phi) is 4.17. The van der Waals surface area contributed by atoms with Crippen molar-refractivity contribution < 1.29 is 0 Å². The number of nitrogens with two attached hydrogens (primary N) is 1. The average molecular weight is 287 g/mol. The van der Waals surface area contributed by atoms with E-state index in [2.05, 4.69) is 60.5 Å². The van der Waals surface area contributed by atoms with Crippen molar-refractivity contribution >= 4 is 34.2 Å². The van der Waals surface area contributed by atoms with Gasteiger partial charge in [-0.2, -0.15) is 0 Å². The van der Waals surface area contributed by atoms with Gasteiger partial charge in [0.05, 0.1) is 0 Å². The molecular formula is C17H19ClN2. The van der Waals surface area contributed by atoms with E-state index < -0.39 is 0 Å². The SMILES string of the molecule is C=C[C@H](N)c1ccc2c(c1)c1ccccc1n2CC.Cl. The van der Waals surface area contributed by atoms with Crippen LogP contribution in [0.4, 0.5) is 0 Å². The molecule has 2 N–H and O–H groups in total. The fourth-order valence-electron chi connectivity index (χ4n) is 2.76. The number of nitrogens with zero attached hydrogens (tertiary/aromatic N) is 1. The summed E-state index contributed by atoms with van der Waals surface area (Å²) in [5, 5.41) is 2.56. The van der Waals surface area contributed by atoms with Crippen molar-refractivity contribution in [1.29, 1.82) is 0 Å². The van der Waals surface area contributed by atoms with Crippen LogP contribution in [0.1, 0.15) is 18.5 Å². The Morgan fingerprint density at radius 3 is 2.55 bits per heavy atom. The molecule has 0 saturated carbocycles. The predicted molar refractivity (Wildman–Crippen MR) is 89.5 cm³/mol. The Morgan fingerprint density at radius 2 is 1.85 bits per heavy atom. The lowest BCUT2D eigenvalue weighted by atomic mass is 10.0. The van der Waals surface area contributed by atoms with Gasteiger partial charge in [0.25, 0.3) is 0 Å². The van der Waals surface area contributed by atoms with E-state index in [1.165, 1.54) is 21.8 Å². The van der Waals surface area contributed by atoms with Gasteiger partial charge in [-0.15, -0.1) is 19.0 Å². The van der Waals surface area contributed by atoms with Crippen molar-refractivity contribution in [3.05, 3.63) is 60.7 Å². The van der Waals surface area contributed by atoms with Gasteiger partial charge >= 0.3 is 0 Å². The molecular weight excluding hydrogens is 268 g/mol. The normalized spacial score (nSPS) is 12.3. The third kappa shape index (κ3) is 2.11. The molecule has 0 saturated heterocycles. The highest BCUT2D eigenvalue weighted by molar-refractivity contribution is 6.08. The molecule has 0 unspecified atom stereocenters. The monoisotopic (exact) mass is 286 g/mol. The Morgan fingerprint density at radius 1 is 1.15 bits per heavy atom. The van der Waals surface area contributed by atoms with Crippen LogP contribution in [0.2, 0.25) is 0 Å². The topological polar surface area (TPSA) is 30.9 Å². The highest BCUT2D eigenvalue weighted by atomic mass is 35.5. The lowest BCUT2D eigenvalue weighted by Crippen LogP contribution is -2.06. The van der Waals surface area contributed by atoms with Gasteiger partial charge in [0.15, 0.2) is 0 Å². The van der Waals surface area contributed by atoms with Crippen molar-refractivity contribution in [2.75, 3.05) is 0 Å². The van der Waals surface area contributed by atoms with Crippen LogP contribution in [0.25, 0.3) is 21.8 Å². The van der Waals surface area contributed by atoms with Gasteiger partial charge in [-0.25, -0.2) is 0 Å². The second-order valence-corrected chi connectivity index (χ2v) is 4.80. The summed E-state index contributed by atoms with van der Waals surface area (Å²) in [5.41, 5.74) is 9.71. The maximum absolute atomic E-state index is 6.04. The molecule has 0 radical (unpaired) electrons. The molecule has 1 heterocycles. The minimum Gasteiger partial charge on any atom is -0.341 e. The molecule has 0 fully saturated rings. The van der Waals surface area contributed by atoms with Gasteiger partial charge in [0, 0.05) is 34.4 Å². The fraction of sp³-hybridized carbons (Fsp3) is 0.176. The molecule has 0 amide bonds. The molecule has 3 aromatic rings. The second kappa shape index (κ2) is 5.70. The summed E-state index contributed by atoms with van der Waals surface area (Å²) in [7, 11) is 0. The van der Waals surface area contributed by atoms with Crippen molar-refractivity contribution in [1.82, 2.24) is 4.57 Å². The summed E-state index contributed by atoms with van der Waals surface area (Å²) < 4.78 is 2.34. The summed E-state index contributed by atoms with van der Waals surface area (Å²) in [4.78, 5) is 0. The smallest absolute Gasteiger partial charge is 0.0491 e. The Bertz CT molecular complexity index is 758. The number of benzene rings is 2. The first kappa shape index (κ1) is 14.6. The maximum Gasteiger partial charge on any atom is 0.0491 e. The van der Waals surface area contributed by atoms with E-state index in [1.54, 1.807) is 6.08 Å². The second-order valence-electron chi connectivity index (χ2n) is 4.80. The highest BCUT2D eigenvalue weighted by Gasteiger charge is 2.10. The summed E-state index contributed by atoms with van der Waals surface area (Å²) in [6.45, 7) is 6.92. The van der Waals surface area contributed by atoms with E-state index in [0.717, 1.165) is 12.1 Å². The van der Waals surface area contributed by atoms with Crippen molar-refractivity contribution in [2.45, 2.75) is 19.5 Å². The van der Waals surface area contributed by atoms with Gasteiger partial charge in [-0.05, 0) is 30.7 Å². The zero-order chi connectivity index (χ0) is 13.4. The first-order valence-electron chi connectivity index (χ1n) is 6.65. The highest BCUT2D eigenvalue weighted by Crippen LogP contribution is 2.30. The van der Waals surface area contributed by atoms with Gasteiger partial charge in [0.1, 0.15) is 0 Å². The molecule has 0 bridgehead atoms.